The smallest absolute Gasteiger partial charge is 0.232 e. The Bertz CT molecular complexity index is 463. The van der Waals surface area contributed by atoms with Crippen molar-refractivity contribution in [3.8, 4) is 0 Å². The Hall–Kier alpha value is -1.21. The van der Waals surface area contributed by atoms with Crippen LogP contribution < -0.4 is 11.1 Å². The van der Waals surface area contributed by atoms with Gasteiger partial charge in [0.25, 0.3) is 0 Å². The number of aromatic nitrogens is 3. The predicted molar refractivity (Wildman–Crippen MR) is 64.3 cm³/mol. The molecule has 0 atom stereocenters. The quantitative estimate of drug-likeness (QED) is 0.828. The highest BCUT2D eigenvalue weighted by Crippen LogP contribution is 2.20. The van der Waals surface area contributed by atoms with Gasteiger partial charge in [0.05, 0.1) is 5.69 Å². The number of halogens is 1. The fourth-order valence-electron chi connectivity index (χ4n) is 0.998. The molecular weight excluding hydrogens is 278 g/mol. The van der Waals surface area contributed by atoms with Gasteiger partial charge in [-0.25, -0.2) is 9.97 Å². The van der Waals surface area contributed by atoms with E-state index in [1.165, 1.54) is 11.3 Å². The van der Waals surface area contributed by atoms with Crippen LogP contribution in [-0.2, 0) is 0 Å². The van der Waals surface area contributed by atoms with Crippen LogP contribution in [0.1, 0.15) is 5.69 Å². The van der Waals surface area contributed by atoms with E-state index in [-0.39, 0.29) is 0 Å². The Morgan fingerprint density at radius 2 is 2.20 bits per heavy atom. The van der Waals surface area contributed by atoms with Gasteiger partial charge in [0.15, 0.2) is 5.13 Å². The van der Waals surface area contributed by atoms with Gasteiger partial charge in [-0.2, -0.15) is 4.98 Å². The molecule has 2 aromatic heterocycles. The van der Waals surface area contributed by atoms with Crippen molar-refractivity contribution in [2.24, 2.45) is 0 Å². The Labute approximate surface area is 98.9 Å². The third-order valence-electron chi connectivity index (χ3n) is 1.55. The topological polar surface area (TPSA) is 76.7 Å². The van der Waals surface area contributed by atoms with Gasteiger partial charge in [0.1, 0.15) is 10.4 Å². The number of aryl methyl sites for hydroxylation is 1. The third-order valence-corrected chi connectivity index (χ3v) is 2.83. The Balaban J connectivity index is 2.24. The predicted octanol–water partition coefficient (Wildman–Crippen LogP) is 2.33. The number of nitrogens with one attached hydrogen (secondary N) is 1. The van der Waals surface area contributed by atoms with Gasteiger partial charge in [-0.1, -0.05) is 0 Å². The minimum atomic E-state index is 0.410. The van der Waals surface area contributed by atoms with Crippen LogP contribution in [0.4, 0.5) is 16.9 Å². The molecule has 78 valence electrons. The number of hydrogen-bond donors (Lipinski definition) is 2. The lowest BCUT2D eigenvalue weighted by atomic mass is 10.6. The SMILES string of the molecule is Cc1csc(Nc2nc(N)cc(Br)n2)n1. The number of rotatable bonds is 2. The molecule has 0 amide bonds. The van der Waals surface area contributed by atoms with Crippen LogP contribution in [0.3, 0.4) is 0 Å². The maximum Gasteiger partial charge on any atom is 0.232 e. The molecule has 15 heavy (non-hydrogen) atoms. The highest BCUT2D eigenvalue weighted by Gasteiger charge is 2.03. The van der Waals surface area contributed by atoms with Crippen molar-refractivity contribution in [3.63, 3.8) is 0 Å². The zero-order chi connectivity index (χ0) is 10.8. The summed E-state index contributed by atoms with van der Waals surface area (Å²) in [5, 5.41) is 5.68. The lowest BCUT2D eigenvalue weighted by molar-refractivity contribution is 1.14. The lowest BCUT2D eigenvalue weighted by Crippen LogP contribution is -2.00. The molecule has 2 rings (SSSR count). The summed E-state index contributed by atoms with van der Waals surface area (Å²) in [6.07, 6.45) is 0. The van der Waals surface area contributed by atoms with E-state index in [4.69, 9.17) is 5.73 Å². The minimum absolute atomic E-state index is 0.410. The van der Waals surface area contributed by atoms with E-state index in [1.54, 1.807) is 6.07 Å². The minimum Gasteiger partial charge on any atom is -0.383 e. The van der Waals surface area contributed by atoms with Gasteiger partial charge in [-0.3, -0.25) is 5.32 Å². The van der Waals surface area contributed by atoms with Gasteiger partial charge < -0.3 is 5.73 Å². The second-order valence-electron chi connectivity index (χ2n) is 2.86. The Morgan fingerprint density at radius 3 is 2.80 bits per heavy atom. The molecular formula is C8H8BrN5S. The van der Waals surface area contributed by atoms with Gasteiger partial charge in [0, 0.05) is 11.4 Å². The van der Waals surface area contributed by atoms with E-state index in [2.05, 4.69) is 36.2 Å². The number of nitrogen functional groups attached to an aromatic ring is 1. The van der Waals surface area contributed by atoms with Crippen molar-refractivity contribution < 1.29 is 0 Å². The lowest BCUT2D eigenvalue weighted by Gasteiger charge is -2.01. The van der Waals surface area contributed by atoms with Gasteiger partial charge >= 0.3 is 0 Å². The summed E-state index contributed by atoms with van der Waals surface area (Å²) in [7, 11) is 0. The zero-order valence-electron chi connectivity index (χ0n) is 7.86. The number of hydrogen-bond acceptors (Lipinski definition) is 6. The highest BCUT2D eigenvalue weighted by molar-refractivity contribution is 9.10. The Kier molecular flexibility index (Phi) is 2.83. The first-order valence-electron chi connectivity index (χ1n) is 4.13. The molecule has 0 unspecified atom stereocenters. The van der Waals surface area contributed by atoms with Gasteiger partial charge in [0.2, 0.25) is 5.95 Å². The van der Waals surface area contributed by atoms with Crippen molar-refractivity contribution in [1.29, 1.82) is 0 Å². The van der Waals surface area contributed by atoms with E-state index < -0.39 is 0 Å². The summed E-state index contributed by atoms with van der Waals surface area (Å²) < 4.78 is 0.644. The molecule has 5 nitrogen and oxygen atoms in total. The van der Waals surface area contributed by atoms with Crippen molar-refractivity contribution in [2.45, 2.75) is 6.92 Å². The fourth-order valence-corrected chi connectivity index (χ4v) is 2.08. The summed E-state index contributed by atoms with van der Waals surface area (Å²) in [6.45, 7) is 1.93. The molecule has 0 radical (unpaired) electrons. The van der Waals surface area contributed by atoms with E-state index in [9.17, 15) is 0 Å². The molecule has 0 aliphatic carbocycles. The van der Waals surface area contributed by atoms with Crippen molar-refractivity contribution >= 4 is 44.2 Å². The average Bonchev–Trinajstić information content (AvgIpc) is 2.49. The molecule has 0 saturated heterocycles. The van der Waals surface area contributed by atoms with E-state index >= 15 is 0 Å². The van der Waals surface area contributed by atoms with Crippen molar-refractivity contribution in [1.82, 2.24) is 15.0 Å². The number of nitrogens with zero attached hydrogens (tertiary/aromatic N) is 3. The van der Waals surface area contributed by atoms with Crippen LogP contribution in [0.15, 0.2) is 16.0 Å². The number of thiazole rings is 1. The van der Waals surface area contributed by atoms with Crippen molar-refractivity contribution in [3.05, 3.63) is 21.7 Å². The van der Waals surface area contributed by atoms with Crippen molar-refractivity contribution in [2.75, 3.05) is 11.1 Å². The monoisotopic (exact) mass is 285 g/mol. The first-order valence-corrected chi connectivity index (χ1v) is 5.80. The van der Waals surface area contributed by atoms with Crippen LogP contribution >= 0.6 is 27.3 Å². The van der Waals surface area contributed by atoms with Crippen LogP contribution in [0, 0.1) is 6.92 Å². The number of anilines is 3. The molecule has 0 saturated carbocycles. The maximum absolute atomic E-state index is 5.58. The molecule has 3 N–H and O–H groups in total. The summed E-state index contributed by atoms with van der Waals surface area (Å²) in [4.78, 5) is 12.4. The van der Waals surface area contributed by atoms with E-state index in [0.29, 0.717) is 16.4 Å². The second-order valence-corrected chi connectivity index (χ2v) is 4.53. The molecule has 0 aliphatic heterocycles. The van der Waals surface area contributed by atoms with E-state index in [1.807, 2.05) is 12.3 Å². The van der Waals surface area contributed by atoms with E-state index in [0.717, 1.165) is 10.8 Å². The molecule has 2 heterocycles. The van der Waals surface area contributed by atoms with Crippen LogP contribution in [0.25, 0.3) is 0 Å². The van der Waals surface area contributed by atoms with Gasteiger partial charge in [-0.05, 0) is 22.9 Å². The number of nitrogens with two attached hydrogens (primary N) is 1. The zero-order valence-corrected chi connectivity index (χ0v) is 10.3. The molecule has 2 aromatic rings. The Morgan fingerprint density at radius 1 is 1.40 bits per heavy atom. The summed E-state index contributed by atoms with van der Waals surface area (Å²) >= 11 is 4.74. The first kappa shape index (κ1) is 10.3. The second kappa shape index (κ2) is 4.11. The normalized spacial score (nSPS) is 10.3. The molecule has 0 aromatic carbocycles. The van der Waals surface area contributed by atoms with Crippen LogP contribution in [0.5, 0.6) is 0 Å². The summed E-state index contributed by atoms with van der Waals surface area (Å²) in [5.41, 5.74) is 6.54. The molecule has 0 bridgehead atoms. The van der Waals surface area contributed by atoms with Gasteiger partial charge in [-0.15, -0.1) is 11.3 Å². The highest BCUT2D eigenvalue weighted by atomic mass is 79.9. The third kappa shape index (κ3) is 2.63. The standard InChI is InChI=1S/C8H8BrN5S/c1-4-3-15-8(11-4)14-7-12-5(9)2-6(10)13-7/h2-3H,1H3,(H3,10,11,12,13,14). The summed E-state index contributed by atoms with van der Waals surface area (Å²) in [6, 6.07) is 1.64. The first-order chi connectivity index (χ1) is 7.13. The molecule has 0 spiro atoms. The fraction of sp³-hybridized carbons (Fsp3) is 0.125. The average molecular weight is 286 g/mol. The molecule has 0 fully saturated rings. The molecule has 7 heteroatoms. The largest absolute Gasteiger partial charge is 0.383 e. The molecule has 0 aliphatic rings. The summed E-state index contributed by atoms with van der Waals surface area (Å²) in [5.74, 6) is 0.851. The van der Waals surface area contributed by atoms with Crippen LogP contribution in [0.2, 0.25) is 0 Å². The maximum atomic E-state index is 5.58. The van der Waals surface area contributed by atoms with Crippen LogP contribution in [-0.4, -0.2) is 15.0 Å².